The highest BCUT2D eigenvalue weighted by Gasteiger charge is 2.21. The molecule has 0 aromatic rings. The third-order valence-electron chi connectivity index (χ3n) is 3.61. The summed E-state index contributed by atoms with van der Waals surface area (Å²) in [7, 11) is 2.20. The van der Waals surface area contributed by atoms with Gasteiger partial charge < -0.3 is 15.7 Å². The van der Waals surface area contributed by atoms with Crippen LogP contribution >= 0.6 is 0 Å². The van der Waals surface area contributed by atoms with Crippen LogP contribution in [0.4, 0.5) is 0 Å². The molecule has 0 aromatic carbocycles. The molecule has 1 saturated carbocycles. The van der Waals surface area contributed by atoms with Gasteiger partial charge in [-0.15, -0.1) is 0 Å². The second-order valence-corrected chi connectivity index (χ2v) is 5.22. The van der Waals surface area contributed by atoms with Crippen LogP contribution in [0.3, 0.4) is 0 Å². The molecular weight excluding hydrogens is 188 g/mol. The van der Waals surface area contributed by atoms with E-state index in [0.717, 1.165) is 25.4 Å². The van der Waals surface area contributed by atoms with Crippen molar-refractivity contribution >= 4 is 0 Å². The van der Waals surface area contributed by atoms with E-state index in [1.165, 1.54) is 25.7 Å². The first-order chi connectivity index (χ1) is 7.05. The molecule has 15 heavy (non-hydrogen) atoms. The Labute approximate surface area is 93.6 Å². The highest BCUT2D eigenvalue weighted by atomic mass is 16.3. The molecule has 0 saturated heterocycles. The Balaban J connectivity index is 2.13. The van der Waals surface area contributed by atoms with Crippen molar-refractivity contribution < 1.29 is 5.11 Å². The van der Waals surface area contributed by atoms with Crippen molar-refractivity contribution in [3.63, 3.8) is 0 Å². The minimum atomic E-state index is -0.670. The summed E-state index contributed by atoms with van der Waals surface area (Å²) in [4.78, 5) is 2.44. The van der Waals surface area contributed by atoms with Gasteiger partial charge in [0.15, 0.2) is 0 Å². The van der Waals surface area contributed by atoms with E-state index in [1.54, 1.807) is 0 Å². The largest absolute Gasteiger partial charge is 0.389 e. The van der Waals surface area contributed by atoms with E-state index in [-0.39, 0.29) is 0 Å². The summed E-state index contributed by atoms with van der Waals surface area (Å²) in [5.41, 5.74) is 4.81. The van der Waals surface area contributed by atoms with E-state index in [2.05, 4.69) is 11.9 Å². The molecule has 3 N–H and O–H groups in total. The molecule has 1 fully saturated rings. The van der Waals surface area contributed by atoms with E-state index in [1.807, 2.05) is 6.92 Å². The van der Waals surface area contributed by atoms with Crippen LogP contribution in [0.1, 0.15) is 45.4 Å². The normalized spacial score (nSPS) is 22.2. The summed E-state index contributed by atoms with van der Waals surface area (Å²) in [6.45, 7) is 3.27. The first-order valence-electron chi connectivity index (χ1n) is 6.18. The highest BCUT2D eigenvalue weighted by molar-refractivity contribution is 4.77. The monoisotopic (exact) mass is 214 g/mol. The maximum atomic E-state index is 9.76. The molecule has 0 aromatic heterocycles. The van der Waals surface area contributed by atoms with Crippen molar-refractivity contribution in [2.75, 3.05) is 20.1 Å². The van der Waals surface area contributed by atoms with Gasteiger partial charge in [-0.3, -0.25) is 0 Å². The van der Waals surface area contributed by atoms with Crippen LogP contribution in [0.25, 0.3) is 0 Å². The van der Waals surface area contributed by atoms with Crippen LogP contribution in [0.2, 0.25) is 0 Å². The van der Waals surface area contributed by atoms with Crippen molar-refractivity contribution in [2.24, 2.45) is 5.73 Å². The van der Waals surface area contributed by atoms with Crippen molar-refractivity contribution in [2.45, 2.75) is 57.1 Å². The van der Waals surface area contributed by atoms with Gasteiger partial charge in [0.25, 0.3) is 0 Å². The molecule has 3 nitrogen and oxygen atoms in total. The molecular formula is C12H26N2O. The summed E-state index contributed by atoms with van der Waals surface area (Å²) < 4.78 is 0. The Morgan fingerprint density at radius 2 is 2.00 bits per heavy atom. The third kappa shape index (κ3) is 4.49. The number of aliphatic hydroxyl groups is 1. The molecule has 1 aliphatic carbocycles. The molecule has 0 bridgehead atoms. The topological polar surface area (TPSA) is 49.5 Å². The highest BCUT2D eigenvalue weighted by Crippen LogP contribution is 2.22. The zero-order valence-corrected chi connectivity index (χ0v) is 10.2. The van der Waals surface area contributed by atoms with Crippen molar-refractivity contribution in [3.05, 3.63) is 0 Å². The van der Waals surface area contributed by atoms with Gasteiger partial charge in [-0.25, -0.2) is 0 Å². The molecule has 0 radical (unpaired) electrons. The van der Waals surface area contributed by atoms with Crippen LogP contribution < -0.4 is 5.73 Å². The fourth-order valence-corrected chi connectivity index (χ4v) is 2.34. The zero-order chi connectivity index (χ0) is 11.3. The first kappa shape index (κ1) is 12.9. The summed E-state index contributed by atoms with van der Waals surface area (Å²) in [5.74, 6) is 0. The van der Waals surface area contributed by atoms with Gasteiger partial charge in [-0.1, -0.05) is 12.8 Å². The van der Waals surface area contributed by atoms with Crippen LogP contribution in [0.15, 0.2) is 0 Å². The zero-order valence-electron chi connectivity index (χ0n) is 10.2. The molecule has 1 unspecified atom stereocenters. The fraction of sp³-hybridized carbons (Fsp3) is 1.00. The molecule has 0 heterocycles. The lowest BCUT2D eigenvalue weighted by Crippen LogP contribution is -2.36. The number of hydrogen-bond acceptors (Lipinski definition) is 3. The Bertz CT molecular complexity index is 176. The van der Waals surface area contributed by atoms with Gasteiger partial charge in [-0.2, -0.15) is 0 Å². The molecule has 3 heteroatoms. The molecule has 0 amide bonds. The molecule has 0 spiro atoms. The lowest BCUT2D eigenvalue weighted by atomic mass is 10.0. The van der Waals surface area contributed by atoms with E-state index in [0.29, 0.717) is 6.54 Å². The maximum Gasteiger partial charge on any atom is 0.0741 e. The van der Waals surface area contributed by atoms with Crippen LogP contribution in [-0.2, 0) is 0 Å². The molecule has 1 atom stereocenters. The maximum absolute atomic E-state index is 9.76. The Hall–Kier alpha value is -0.120. The average molecular weight is 214 g/mol. The van der Waals surface area contributed by atoms with Crippen LogP contribution in [0, 0.1) is 0 Å². The Morgan fingerprint density at radius 3 is 2.53 bits per heavy atom. The van der Waals surface area contributed by atoms with Gasteiger partial charge in [0.2, 0.25) is 0 Å². The summed E-state index contributed by atoms with van der Waals surface area (Å²) in [5, 5.41) is 9.76. The second kappa shape index (κ2) is 5.83. The van der Waals surface area contributed by atoms with Gasteiger partial charge in [-0.05, 0) is 46.2 Å². The van der Waals surface area contributed by atoms with Crippen LogP contribution in [-0.4, -0.2) is 41.8 Å². The quantitative estimate of drug-likeness (QED) is 0.702. The molecule has 1 rings (SSSR count). The molecule has 90 valence electrons. The second-order valence-electron chi connectivity index (χ2n) is 5.22. The first-order valence-corrected chi connectivity index (χ1v) is 6.18. The summed E-state index contributed by atoms with van der Waals surface area (Å²) in [6.07, 6.45) is 7.32. The minimum Gasteiger partial charge on any atom is -0.389 e. The summed E-state index contributed by atoms with van der Waals surface area (Å²) in [6, 6.07) is 0.785. The van der Waals surface area contributed by atoms with E-state index >= 15 is 0 Å². The van der Waals surface area contributed by atoms with Gasteiger partial charge in [0, 0.05) is 12.6 Å². The number of nitrogens with zero attached hydrogens (tertiary/aromatic N) is 1. The van der Waals surface area contributed by atoms with E-state index < -0.39 is 5.60 Å². The smallest absolute Gasteiger partial charge is 0.0741 e. The van der Waals surface area contributed by atoms with E-state index in [9.17, 15) is 5.11 Å². The average Bonchev–Trinajstić information content (AvgIpc) is 2.70. The number of hydrogen-bond donors (Lipinski definition) is 2. The van der Waals surface area contributed by atoms with Crippen molar-refractivity contribution in [1.29, 1.82) is 0 Å². The van der Waals surface area contributed by atoms with Gasteiger partial charge >= 0.3 is 0 Å². The summed E-state index contributed by atoms with van der Waals surface area (Å²) >= 11 is 0. The molecule has 0 aliphatic heterocycles. The fourth-order valence-electron chi connectivity index (χ4n) is 2.34. The molecule has 1 aliphatic rings. The Morgan fingerprint density at radius 1 is 1.40 bits per heavy atom. The van der Waals surface area contributed by atoms with Crippen LogP contribution in [0.5, 0.6) is 0 Å². The number of rotatable bonds is 6. The Kier molecular flexibility index (Phi) is 5.03. The lowest BCUT2D eigenvalue weighted by Gasteiger charge is -2.26. The van der Waals surface area contributed by atoms with Gasteiger partial charge in [0.1, 0.15) is 0 Å². The number of nitrogens with two attached hydrogens (primary N) is 1. The predicted molar refractivity (Wildman–Crippen MR) is 63.8 cm³/mol. The van der Waals surface area contributed by atoms with Gasteiger partial charge in [0.05, 0.1) is 5.60 Å². The third-order valence-corrected chi connectivity index (χ3v) is 3.61. The van der Waals surface area contributed by atoms with Crippen molar-refractivity contribution in [3.8, 4) is 0 Å². The lowest BCUT2D eigenvalue weighted by molar-refractivity contribution is 0.0539. The van der Waals surface area contributed by atoms with Crippen molar-refractivity contribution in [1.82, 2.24) is 4.90 Å². The minimum absolute atomic E-state index is 0.361. The standard InChI is InChI=1S/C12H26N2O/c1-12(15,10-13)8-5-9-14(2)11-6-3-4-7-11/h11,15H,3-10,13H2,1-2H3. The van der Waals surface area contributed by atoms with E-state index in [4.69, 9.17) is 5.73 Å². The predicted octanol–water partition coefficient (Wildman–Crippen LogP) is 1.35. The SMILES string of the molecule is CN(CCCC(C)(O)CN)C1CCCC1.